The Morgan fingerprint density at radius 1 is 1.10 bits per heavy atom. The van der Waals surface area contributed by atoms with Crippen molar-refractivity contribution in [2.75, 3.05) is 40.4 Å². The van der Waals surface area contributed by atoms with Gasteiger partial charge in [0.25, 0.3) is 0 Å². The minimum Gasteiger partial charge on any atom is -0.493 e. The van der Waals surface area contributed by atoms with Crippen LogP contribution in [0.15, 0.2) is 18.2 Å². The average Bonchev–Trinajstić information content (AvgIpc) is 3.03. The highest BCUT2D eigenvalue weighted by molar-refractivity contribution is 5.46. The molecule has 1 aromatic rings. The summed E-state index contributed by atoms with van der Waals surface area (Å²) >= 11 is 0. The third-order valence-corrected chi connectivity index (χ3v) is 4.08. The van der Waals surface area contributed by atoms with Crippen LogP contribution in [-0.4, -0.2) is 45.3 Å². The lowest BCUT2D eigenvalue weighted by molar-refractivity contribution is 0.328. The summed E-state index contributed by atoms with van der Waals surface area (Å²) < 4.78 is 10.8. The van der Waals surface area contributed by atoms with Gasteiger partial charge < -0.3 is 19.7 Å². The third-order valence-electron chi connectivity index (χ3n) is 4.08. The number of nitrogens with one attached hydrogen (secondary N) is 1. The Balaban J connectivity index is 1.66. The lowest BCUT2D eigenvalue weighted by Crippen LogP contribution is -2.22. The first kappa shape index (κ1) is 16.1. The van der Waals surface area contributed by atoms with Gasteiger partial charge in [-0.15, -0.1) is 0 Å². The van der Waals surface area contributed by atoms with E-state index in [1.54, 1.807) is 14.2 Å². The number of unbranched alkanes of at least 4 members (excludes halogenated alkanes) is 1. The number of likely N-dealkylation sites (tertiary alicyclic amines) is 1. The molecule has 0 atom stereocenters. The van der Waals surface area contributed by atoms with Crippen LogP contribution in [0.5, 0.6) is 11.5 Å². The van der Waals surface area contributed by atoms with Gasteiger partial charge in [0.15, 0.2) is 11.5 Å². The van der Waals surface area contributed by atoms with Gasteiger partial charge >= 0.3 is 0 Å². The molecule has 1 fully saturated rings. The van der Waals surface area contributed by atoms with Crippen molar-refractivity contribution >= 4 is 0 Å². The molecule has 0 amide bonds. The SMILES string of the molecule is COc1cccc(CNCCCCN2CCCC2)c1OC. The fourth-order valence-corrected chi connectivity index (χ4v) is 2.91. The fraction of sp³-hybridized carbons (Fsp3) is 0.647. The van der Waals surface area contributed by atoms with Crippen LogP contribution >= 0.6 is 0 Å². The zero-order chi connectivity index (χ0) is 14.9. The molecule has 1 N–H and O–H groups in total. The summed E-state index contributed by atoms with van der Waals surface area (Å²) in [7, 11) is 3.37. The van der Waals surface area contributed by atoms with Crippen molar-refractivity contribution in [2.24, 2.45) is 0 Å². The van der Waals surface area contributed by atoms with Crippen molar-refractivity contribution in [1.29, 1.82) is 0 Å². The Kier molecular flexibility index (Phi) is 6.83. The van der Waals surface area contributed by atoms with Gasteiger partial charge in [0, 0.05) is 12.1 Å². The second-order valence-electron chi connectivity index (χ2n) is 5.59. The molecule has 0 spiro atoms. The molecule has 1 aliphatic rings. The minimum atomic E-state index is 0.797. The molecule has 118 valence electrons. The van der Waals surface area contributed by atoms with Gasteiger partial charge in [-0.3, -0.25) is 0 Å². The third kappa shape index (κ3) is 4.90. The molecule has 1 saturated heterocycles. The number of hydrogen-bond donors (Lipinski definition) is 1. The van der Waals surface area contributed by atoms with Crippen LogP contribution in [0.1, 0.15) is 31.2 Å². The van der Waals surface area contributed by atoms with Crippen LogP contribution in [0.25, 0.3) is 0 Å². The molecule has 21 heavy (non-hydrogen) atoms. The Labute approximate surface area is 128 Å². The number of nitrogens with zero attached hydrogens (tertiary/aromatic N) is 1. The standard InChI is InChI=1S/C17H28N2O2/c1-20-16-9-7-8-15(17(16)21-2)14-18-10-3-4-11-19-12-5-6-13-19/h7-9,18H,3-6,10-14H2,1-2H3. The largest absolute Gasteiger partial charge is 0.493 e. The molecule has 1 aromatic carbocycles. The molecule has 1 aliphatic heterocycles. The number of methoxy groups -OCH3 is 2. The molecule has 0 bridgehead atoms. The van der Waals surface area contributed by atoms with Gasteiger partial charge in [-0.1, -0.05) is 12.1 Å². The smallest absolute Gasteiger partial charge is 0.165 e. The number of ether oxygens (including phenoxy) is 2. The molecule has 4 heteroatoms. The van der Waals surface area contributed by atoms with E-state index in [9.17, 15) is 0 Å². The van der Waals surface area contributed by atoms with Crippen molar-refractivity contribution < 1.29 is 9.47 Å². The lowest BCUT2D eigenvalue weighted by Gasteiger charge is -2.15. The van der Waals surface area contributed by atoms with E-state index < -0.39 is 0 Å². The van der Waals surface area contributed by atoms with E-state index in [4.69, 9.17) is 9.47 Å². The maximum atomic E-state index is 5.44. The highest BCUT2D eigenvalue weighted by Crippen LogP contribution is 2.30. The van der Waals surface area contributed by atoms with E-state index in [0.717, 1.165) is 30.2 Å². The lowest BCUT2D eigenvalue weighted by atomic mass is 10.2. The van der Waals surface area contributed by atoms with Crippen molar-refractivity contribution in [3.63, 3.8) is 0 Å². The van der Waals surface area contributed by atoms with Gasteiger partial charge in [-0.25, -0.2) is 0 Å². The first-order valence-corrected chi connectivity index (χ1v) is 7.98. The van der Waals surface area contributed by atoms with Crippen molar-refractivity contribution in [3.05, 3.63) is 23.8 Å². The Hall–Kier alpha value is -1.26. The zero-order valence-corrected chi connectivity index (χ0v) is 13.4. The summed E-state index contributed by atoms with van der Waals surface area (Å²) in [6.45, 7) is 5.73. The van der Waals surface area contributed by atoms with E-state index in [1.807, 2.05) is 12.1 Å². The van der Waals surface area contributed by atoms with E-state index in [-0.39, 0.29) is 0 Å². The van der Waals surface area contributed by atoms with Crippen LogP contribution in [0.4, 0.5) is 0 Å². The maximum absolute atomic E-state index is 5.44. The molecular weight excluding hydrogens is 264 g/mol. The molecule has 1 heterocycles. The van der Waals surface area contributed by atoms with Crippen LogP contribution in [-0.2, 0) is 6.54 Å². The topological polar surface area (TPSA) is 33.7 Å². The molecular formula is C17H28N2O2. The van der Waals surface area contributed by atoms with Gasteiger partial charge in [0.2, 0.25) is 0 Å². The first-order valence-electron chi connectivity index (χ1n) is 7.98. The van der Waals surface area contributed by atoms with Gasteiger partial charge in [0.1, 0.15) is 0 Å². The summed E-state index contributed by atoms with van der Waals surface area (Å²) in [5.74, 6) is 1.63. The Morgan fingerprint density at radius 3 is 2.62 bits per heavy atom. The molecule has 4 nitrogen and oxygen atoms in total. The number of benzene rings is 1. The van der Waals surface area contributed by atoms with Crippen molar-refractivity contribution in [2.45, 2.75) is 32.2 Å². The number of rotatable bonds is 9. The Bertz CT molecular complexity index is 417. The molecule has 0 aromatic heterocycles. The molecule has 0 aliphatic carbocycles. The number of hydrogen-bond acceptors (Lipinski definition) is 4. The predicted molar refractivity (Wildman–Crippen MR) is 86.2 cm³/mol. The highest BCUT2D eigenvalue weighted by atomic mass is 16.5. The summed E-state index contributed by atoms with van der Waals surface area (Å²) in [4.78, 5) is 2.57. The first-order chi connectivity index (χ1) is 10.3. The maximum Gasteiger partial charge on any atom is 0.165 e. The van der Waals surface area contributed by atoms with Crippen LogP contribution < -0.4 is 14.8 Å². The molecule has 0 unspecified atom stereocenters. The zero-order valence-electron chi connectivity index (χ0n) is 13.4. The van der Waals surface area contributed by atoms with Gasteiger partial charge in [-0.2, -0.15) is 0 Å². The second-order valence-corrected chi connectivity index (χ2v) is 5.59. The Morgan fingerprint density at radius 2 is 1.90 bits per heavy atom. The summed E-state index contributed by atoms with van der Waals surface area (Å²) in [6.07, 6.45) is 5.27. The van der Waals surface area contributed by atoms with E-state index in [1.165, 1.54) is 45.3 Å². The van der Waals surface area contributed by atoms with Crippen molar-refractivity contribution in [3.8, 4) is 11.5 Å². The molecule has 2 rings (SSSR count). The predicted octanol–water partition coefficient (Wildman–Crippen LogP) is 2.67. The quantitative estimate of drug-likeness (QED) is 0.710. The number of para-hydroxylation sites is 1. The van der Waals surface area contributed by atoms with Crippen LogP contribution in [0.2, 0.25) is 0 Å². The van der Waals surface area contributed by atoms with Gasteiger partial charge in [0.05, 0.1) is 14.2 Å². The van der Waals surface area contributed by atoms with E-state index >= 15 is 0 Å². The van der Waals surface area contributed by atoms with Gasteiger partial charge in [-0.05, 0) is 57.9 Å². The highest BCUT2D eigenvalue weighted by Gasteiger charge is 2.10. The minimum absolute atomic E-state index is 0.797. The molecule has 0 saturated carbocycles. The van der Waals surface area contributed by atoms with E-state index in [0.29, 0.717) is 0 Å². The van der Waals surface area contributed by atoms with Crippen molar-refractivity contribution in [1.82, 2.24) is 10.2 Å². The summed E-state index contributed by atoms with van der Waals surface area (Å²) in [5, 5.41) is 3.50. The summed E-state index contributed by atoms with van der Waals surface area (Å²) in [5.41, 5.74) is 1.15. The second kappa shape index (κ2) is 8.90. The average molecular weight is 292 g/mol. The summed E-state index contributed by atoms with van der Waals surface area (Å²) in [6, 6.07) is 6.02. The fourth-order valence-electron chi connectivity index (χ4n) is 2.91. The monoisotopic (exact) mass is 292 g/mol. The van der Waals surface area contributed by atoms with Crippen LogP contribution in [0.3, 0.4) is 0 Å². The molecule has 0 radical (unpaired) electrons. The van der Waals surface area contributed by atoms with E-state index in [2.05, 4.69) is 16.3 Å². The normalized spacial score (nSPS) is 15.3. The van der Waals surface area contributed by atoms with Crippen LogP contribution in [0, 0.1) is 0 Å².